The third-order valence-electron chi connectivity index (χ3n) is 3.98. The van der Waals surface area contributed by atoms with Gasteiger partial charge in [-0.2, -0.15) is 10.3 Å². The summed E-state index contributed by atoms with van der Waals surface area (Å²) in [7, 11) is 0. The Labute approximate surface area is 244 Å². The van der Waals surface area contributed by atoms with Crippen molar-refractivity contribution < 1.29 is 66.7 Å². The average Bonchev–Trinajstić information content (AvgIpc) is 2.96. The molecule has 0 spiro atoms. The second-order valence-corrected chi connectivity index (χ2v) is 7.18. The molecular weight excluding hydrogens is 588 g/mol. The highest BCUT2D eigenvalue weighted by atomic mass is 16.6. The first-order valence-electron chi connectivity index (χ1n) is 12.2. The Bertz CT molecular complexity index is 1000. The lowest BCUT2D eigenvalue weighted by molar-refractivity contribution is 0.00547. The van der Waals surface area contributed by atoms with E-state index < -0.39 is 95.3 Å². The minimum atomic E-state index is -1.24. The van der Waals surface area contributed by atoms with E-state index in [1.807, 2.05) is 0 Å². The number of isocyanates is 1. The van der Waals surface area contributed by atoms with Crippen LogP contribution in [0.25, 0.3) is 0 Å². The van der Waals surface area contributed by atoms with Gasteiger partial charge >= 0.3 is 36.6 Å². The zero-order valence-electron chi connectivity index (χ0n) is 23.1. The lowest BCUT2D eigenvalue weighted by atomic mass is 10.4. The van der Waals surface area contributed by atoms with E-state index in [2.05, 4.69) is 41.6 Å². The molecule has 2 unspecified atom stereocenters. The number of nitrogens with zero attached hydrogens (tertiary/aromatic N) is 2. The second-order valence-electron chi connectivity index (χ2n) is 7.18. The Hall–Kier alpha value is -5.71. The number of nitrogens with one attached hydrogen (secondary N) is 6. The van der Waals surface area contributed by atoms with E-state index in [1.165, 1.54) is 12.3 Å². The number of ether oxygens (including phenoxy) is 7. The topological polar surface area (TPSA) is 292 Å². The molecule has 0 aromatic heterocycles. The van der Waals surface area contributed by atoms with E-state index >= 15 is 0 Å². The molecule has 0 fully saturated rings. The summed E-state index contributed by atoms with van der Waals surface area (Å²) in [6.45, 7) is 0.115. The largest absolute Gasteiger partial charge is 0.445 e. The molecule has 6 N–H and O–H groups in total. The zero-order valence-corrected chi connectivity index (χ0v) is 23.1. The van der Waals surface area contributed by atoms with Gasteiger partial charge < -0.3 is 59.7 Å². The van der Waals surface area contributed by atoms with E-state index in [4.69, 9.17) is 33.7 Å². The van der Waals surface area contributed by atoms with Crippen LogP contribution in [0.2, 0.25) is 0 Å². The predicted octanol–water partition coefficient (Wildman–Crippen LogP) is -1.17. The molecule has 22 heteroatoms. The zero-order chi connectivity index (χ0) is 32.3. The van der Waals surface area contributed by atoms with Gasteiger partial charge in [-0.05, 0) is 13.8 Å². The first-order valence-corrected chi connectivity index (χ1v) is 12.2. The quantitative estimate of drug-likeness (QED) is 0.0263. The third kappa shape index (κ3) is 21.8. The number of hydrogen-bond acceptors (Lipinski definition) is 16. The van der Waals surface area contributed by atoms with Crippen LogP contribution in [-0.4, -0.2) is 114 Å². The number of carbonyl (C=O) groups is 6. The standard InChI is InChI=1S/C21H32N8O14/c1-3-24-20(35)42-14(5-38-16(31)26-10-23-12-30)6-39-17(32)27-11-28-18(33)40-7-15(43-21(36)25-4-2)8-41-19(34)29-13-37-9-22/h14-15H,3-8,10-11,13H2,1-2H3,(H,24,35)(H,25,36)(H,26,31)(H,27,32)(H,28,33)(H,29,34). The van der Waals surface area contributed by atoms with Gasteiger partial charge in [0.05, 0.1) is 6.67 Å². The van der Waals surface area contributed by atoms with Gasteiger partial charge in [0.15, 0.2) is 18.9 Å². The van der Waals surface area contributed by atoms with Gasteiger partial charge in [0.25, 0.3) is 6.26 Å². The van der Waals surface area contributed by atoms with Crippen molar-refractivity contribution in [3.8, 4) is 6.26 Å². The normalized spacial score (nSPS) is 10.8. The van der Waals surface area contributed by atoms with Crippen LogP contribution < -0.4 is 31.9 Å². The molecule has 0 heterocycles. The molecule has 2 atom stereocenters. The monoisotopic (exact) mass is 620 g/mol. The molecule has 43 heavy (non-hydrogen) atoms. The summed E-state index contributed by atoms with van der Waals surface area (Å²) in [5.41, 5.74) is 0. The van der Waals surface area contributed by atoms with Crippen molar-refractivity contribution in [2.45, 2.75) is 26.1 Å². The maximum absolute atomic E-state index is 11.9. The number of nitriles is 1. The number of rotatable bonds is 18. The fraction of sp³-hybridized carbons (Fsp3) is 0.619. The van der Waals surface area contributed by atoms with Crippen molar-refractivity contribution >= 4 is 42.6 Å². The summed E-state index contributed by atoms with van der Waals surface area (Å²) in [6, 6.07) is 0. The Morgan fingerprint density at radius 2 is 1.07 bits per heavy atom. The second kappa shape index (κ2) is 24.1. The fourth-order valence-corrected chi connectivity index (χ4v) is 2.24. The first kappa shape index (κ1) is 37.3. The third-order valence-corrected chi connectivity index (χ3v) is 3.98. The van der Waals surface area contributed by atoms with Crippen LogP contribution in [-0.2, 0) is 38.0 Å². The summed E-state index contributed by atoms with van der Waals surface area (Å²) in [4.78, 5) is 83.5. The maximum atomic E-state index is 11.9. The van der Waals surface area contributed by atoms with E-state index in [0.29, 0.717) is 0 Å². The number of hydrogen-bond donors (Lipinski definition) is 6. The highest BCUT2D eigenvalue weighted by Gasteiger charge is 2.21. The predicted molar refractivity (Wildman–Crippen MR) is 135 cm³/mol. The molecule has 0 aliphatic rings. The van der Waals surface area contributed by atoms with Gasteiger partial charge in [-0.15, -0.1) is 0 Å². The number of alkyl carbamates (subject to hydrolysis) is 6. The Morgan fingerprint density at radius 3 is 1.47 bits per heavy atom. The van der Waals surface area contributed by atoms with Gasteiger partial charge in [-0.3, -0.25) is 5.32 Å². The lowest BCUT2D eigenvalue weighted by Gasteiger charge is -2.19. The summed E-state index contributed by atoms with van der Waals surface area (Å²) in [5.74, 6) is 0. The smallest absolute Gasteiger partial charge is 0.409 e. The molecule has 0 aliphatic carbocycles. The van der Waals surface area contributed by atoms with Crippen LogP contribution in [0.1, 0.15) is 13.8 Å². The molecule has 0 rings (SSSR count). The molecule has 22 nitrogen and oxygen atoms in total. The van der Waals surface area contributed by atoms with Gasteiger partial charge in [-0.1, -0.05) is 0 Å². The molecule has 0 aliphatic heterocycles. The molecule has 6 amide bonds. The number of aliphatic imine (C=N–C) groups is 1. The Balaban J connectivity index is 4.63. The minimum Gasteiger partial charge on any atom is -0.445 e. The van der Waals surface area contributed by atoms with Gasteiger partial charge in [0.1, 0.15) is 33.1 Å². The molecule has 0 radical (unpaired) electrons. The molecule has 0 aromatic rings. The molecule has 0 bridgehead atoms. The molecule has 240 valence electrons. The summed E-state index contributed by atoms with van der Waals surface area (Å²) in [5, 5.41) is 21.4. The SMILES string of the molecule is CCNC(=O)OC(COC(=O)NCN=C=O)COC(=O)NCNC(=O)OCC(COC(=O)NCOC#N)OC(=O)NCC. The van der Waals surface area contributed by atoms with Crippen molar-refractivity contribution in [3.05, 3.63) is 0 Å². The summed E-state index contributed by atoms with van der Waals surface area (Å²) >= 11 is 0. The van der Waals surface area contributed by atoms with E-state index in [9.17, 15) is 33.6 Å². The highest BCUT2D eigenvalue weighted by molar-refractivity contribution is 5.71. The molecule has 0 saturated heterocycles. The van der Waals surface area contributed by atoms with Gasteiger partial charge in [-0.25, -0.2) is 33.6 Å². The van der Waals surface area contributed by atoms with Crippen LogP contribution in [0, 0.1) is 11.5 Å². The van der Waals surface area contributed by atoms with Crippen molar-refractivity contribution in [1.29, 1.82) is 5.26 Å². The summed E-state index contributed by atoms with van der Waals surface area (Å²) < 4.78 is 33.6. The first-order chi connectivity index (χ1) is 20.6. The molecule has 0 saturated carbocycles. The summed E-state index contributed by atoms with van der Waals surface area (Å²) in [6.07, 6.45) is -5.88. The van der Waals surface area contributed by atoms with Crippen LogP contribution in [0.3, 0.4) is 0 Å². The van der Waals surface area contributed by atoms with Crippen molar-refractivity contribution in [1.82, 2.24) is 31.9 Å². The van der Waals surface area contributed by atoms with Crippen LogP contribution in [0.4, 0.5) is 28.8 Å². The van der Waals surface area contributed by atoms with E-state index in [0.717, 1.165) is 0 Å². The van der Waals surface area contributed by atoms with Crippen molar-refractivity contribution in [2.75, 3.05) is 59.6 Å². The average molecular weight is 621 g/mol. The van der Waals surface area contributed by atoms with E-state index in [-0.39, 0.29) is 13.1 Å². The Morgan fingerprint density at radius 1 is 0.651 bits per heavy atom. The van der Waals surface area contributed by atoms with Crippen LogP contribution in [0.15, 0.2) is 4.99 Å². The maximum Gasteiger partial charge on any atom is 0.409 e. The lowest BCUT2D eigenvalue weighted by Crippen LogP contribution is -2.42. The van der Waals surface area contributed by atoms with Crippen LogP contribution in [0.5, 0.6) is 0 Å². The number of carbonyl (C=O) groups excluding carboxylic acids is 7. The Kier molecular flexibility index (Phi) is 20.9. The minimum absolute atomic E-state index is 0.222. The fourth-order valence-electron chi connectivity index (χ4n) is 2.24. The van der Waals surface area contributed by atoms with Crippen molar-refractivity contribution in [2.24, 2.45) is 4.99 Å². The number of amides is 6. The molecule has 0 aromatic carbocycles. The van der Waals surface area contributed by atoms with Gasteiger partial charge in [0, 0.05) is 13.1 Å². The van der Waals surface area contributed by atoms with Crippen molar-refractivity contribution in [3.63, 3.8) is 0 Å². The molecular formula is C21H32N8O14. The van der Waals surface area contributed by atoms with Gasteiger partial charge in [0.2, 0.25) is 6.08 Å². The highest BCUT2D eigenvalue weighted by Crippen LogP contribution is 1.99. The van der Waals surface area contributed by atoms with E-state index in [1.54, 1.807) is 13.8 Å². The van der Waals surface area contributed by atoms with Crippen LogP contribution >= 0.6 is 0 Å².